The molecule has 8 heteroatoms. The highest BCUT2D eigenvalue weighted by molar-refractivity contribution is 5.92. The van der Waals surface area contributed by atoms with Crippen molar-refractivity contribution in [2.45, 2.75) is 0 Å². The molecule has 180 valence electrons. The van der Waals surface area contributed by atoms with E-state index in [0.29, 0.717) is 17.1 Å². The summed E-state index contributed by atoms with van der Waals surface area (Å²) in [6.07, 6.45) is 1.76. The molecule has 1 aliphatic rings. The van der Waals surface area contributed by atoms with E-state index in [2.05, 4.69) is 26.3 Å². The summed E-state index contributed by atoms with van der Waals surface area (Å²) in [4.78, 5) is 22.3. The number of hydrogen-bond donors (Lipinski definition) is 2. The van der Waals surface area contributed by atoms with Gasteiger partial charge in [0.1, 0.15) is 17.6 Å². The highest BCUT2D eigenvalue weighted by Crippen LogP contribution is 2.21. The lowest BCUT2D eigenvalue weighted by Crippen LogP contribution is -2.36. The molecule has 0 radical (unpaired) electrons. The van der Waals surface area contributed by atoms with Gasteiger partial charge in [-0.25, -0.2) is 4.98 Å². The molecule has 4 aromatic rings. The van der Waals surface area contributed by atoms with Crippen LogP contribution in [0.3, 0.4) is 0 Å². The Morgan fingerprint density at radius 2 is 1.83 bits per heavy atom. The maximum atomic E-state index is 12.3. The van der Waals surface area contributed by atoms with Crippen LogP contribution in [-0.2, 0) is 9.53 Å². The number of morpholine rings is 1. The lowest BCUT2D eigenvalue weighted by Gasteiger charge is -2.28. The Morgan fingerprint density at radius 1 is 1.08 bits per heavy atom. The van der Waals surface area contributed by atoms with E-state index in [1.165, 1.54) is 0 Å². The Balaban J connectivity index is 1.15. The van der Waals surface area contributed by atoms with Crippen molar-refractivity contribution in [2.75, 3.05) is 43.1 Å². The summed E-state index contributed by atoms with van der Waals surface area (Å²) in [5.41, 5.74) is 4.77. The Morgan fingerprint density at radius 3 is 2.56 bits per heavy atom. The maximum Gasteiger partial charge on any atom is 0.262 e. The number of carbonyl (C=O) groups is 1. The molecule has 0 unspecified atom stereocenters. The molecule has 1 amide bonds. The lowest BCUT2D eigenvalue weighted by atomic mass is 10.1. The molecule has 1 saturated heterocycles. The number of imidazole rings is 1. The zero-order valence-corrected chi connectivity index (χ0v) is 19.6. The summed E-state index contributed by atoms with van der Waals surface area (Å²) in [5.74, 6) is 0.843. The number of benzene rings is 3. The van der Waals surface area contributed by atoms with E-state index in [-0.39, 0.29) is 12.5 Å². The zero-order chi connectivity index (χ0) is 24.7. The minimum atomic E-state index is -0.241. The fraction of sp³-hybridized carbons (Fsp3) is 0.179. The molecule has 3 aromatic carbocycles. The van der Waals surface area contributed by atoms with Gasteiger partial charge in [0.25, 0.3) is 5.91 Å². The van der Waals surface area contributed by atoms with Crippen LogP contribution in [0.5, 0.6) is 5.75 Å². The summed E-state index contributed by atoms with van der Waals surface area (Å²) in [7, 11) is 0. The molecule has 36 heavy (non-hydrogen) atoms. The highest BCUT2D eigenvalue weighted by atomic mass is 16.5. The van der Waals surface area contributed by atoms with E-state index in [9.17, 15) is 10.1 Å². The first-order chi connectivity index (χ1) is 17.7. The lowest BCUT2D eigenvalue weighted by molar-refractivity contribution is -0.118. The first kappa shape index (κ1) is 23.1. The summed E-state index contributed by atoms with van der Waals surface area (Å²) >= 11 is 0. The van der Waals surface area contributed by atoms with Crippen LogP contribution in [0.1, 0.15) is 11.4 Å². The number of nitrogens with zero attached hydrogens (tertiary/aromatic N) is 3. The topological polar surface area (TPSA) is 103 Å². The molecule has 0 spiro atoms. The molecule has 0 aliphatic carbocycles. The van der Waals surface area contributed by atoms with Crippen molar-refractivity contribution in [2.24, 2.45) is 0 Å². The molecule has 2 N–H and O–H groups in total. The number of para-hydroxylation sites is 2. The largest absolute Gasteiger partial charge is 0.484 e. The monoisotopic (exact) mass is 479 g/mol. The predicted octanol–water partition coefficient (Wildman–Crippen LogP) is 4.48. The van der Waals surface area contributed by atoms with Crippen molar-refractivity contribution in [3.8, 4) is 11.8 Å². The van der Waals surface area contributed by atoms with Gasteiger partial charge in [-0.1, -0.05) is 24.3 Å². The third kappa shape index (κ3) is 5.54. The van der Waals surface area contributed by atoms with Crippen LogP contribution >= 0.6 is 0 Å². The number of H-pyrrole nitrogens is 1. The fourth-order valence-electron chi connectivity index (χ4n) is 3.98. The van der Waals surface area contributed by atoms with Gasteiger partial charge in [0, 0.05) is 24.5 Å². The number of carbonyl (C=O) groups excluding carboxylic acids is 1. The average Bonchev–Trinajstić information content (AvgIpc) is 3.36. The molecular weight excluding hydrogens is 454 g/mol. The van der Waals surface area contributed by atoms with Gasteiger partial charge in [-0.2, -0.15) is 5.26 Å². The van der Waals surface area contributed by atoms with E-state index in [4.69, 9.17) is 9.47 Å². The van der Waals surface area contributed by atoms with Crippen molar-refractivity contribution in [1.82, 2.24) is 9.97 Å². The van der Waals surface area contributed by atoms with E-state index >= 15 is 0 Å². The van der Waals surface area contributed by atoms with Gasteiger partial charge in [0.05, 0.1) is 29.8 Å². The Hall–Kier alpha value is -4.61. The second-order valence-electron chi connectivity index (χ2n) is 8.32. The van der Waals surface area contributed by atoms with Gasteiger partial charge >= 0.3 is 0 Å². The number of fused-ring (bicyclic) bond motifs is 1. The number of nitriles is 1. The molecular formula is C28H25N5O3. The van der Waals surface area contributed by atoms with Crippen LogP contribution in [-0.4, -0.2) is 48.8 Å². The molecule has 5 rings (SSSR count). The quantitative estimate of drug-likeness (QED) is 0.379. The van der Waals surface area contributed by atoms with E-state index in [0.717, 1.165) is 54.3 Å². The minimum Gasteiger partial charge on any atom is -0.484 e. The fourth-order valence-corrected chi connectivity index (χ4v) is 3.98. The van der Waals surface area contributed by atoms with Gasteiger partial charge in [-0.05, 0) is 60.2 Å². The third-order valence-corrected chi connectivity index (χ3v) is 5.85. The van der Waals surface area contributed by atoms with Crippen LogP contribution in [0.25, 0.3) is 22.7 Å². The number of aromatic nitrogens is 2. The van der Waals surface area contributed by atoms with Crippen LogP contribution < -0.4 is 15.0 Å². The van der Waals surface area contributed by atoms with Gasteiger partial charge in [-0.15, -0.1) is 0 Å². The molecule has 0 saturated carbocycles. The Kier molecular flexibility index (Phi) is 6.92. The number of amides is 1. The standard InChI is InChI=1S/C28H25N5O3/c29-18-21(28-31-25-3-1-2-4-26(25)32-28)17-20-5-11-24(12-6-20)36-19-27(34)30-22-7-9-23(10-8-22)33-13-15-35-16-14-33/h1-12,17H,13-16,19H2,(H,30,34)(H,31,32)/b21-17+. The second kappa shape index (κ2) is 10.8. The van der Waals surface area contributed by atoms with E-state index < -0.39 is 0 Å². The van der Waals surface area contributed by atoms with Crippen molar-refractivity contribution >= 4 is 40.0 Å². The van der Waals surface area contributed by atoms with Crippen LogP contribution in [0.15, 0.2) is 72.8 Å². The molecule has 8 nitrogen and oxygen atoms in total. The summed E-state index contributed by atoms with van der Waals surface area (Å²) in [6, 6.07) is 24.8. The van der Waals surface area contributed by atoms with Crippen molar-refractivity contribution in [3.63, 3.8) is 0 Å². The number of nitrogens with one attached hydrogen (secondary N) is 2. The van der Waals surface area contributed by atoms with Crippen molar-refractivity contribution < 1.29 is 14.3 Å². The first-order valence-electron chi connectivity index (χ1n) is 11.7. The van der Waals surface area contributed by atoms with Gasteiger partial charge < -0.3 is 24.7 Å². The highest BCUT2D eigenvalue weighted by Gasteiger charge is 2.12. The van der Waals surface area contributed by atoms with Gasteiger partial charge in [-0.3, -0.25) is 4.79 Å². The normalized spacial score (nSPS) is 13.9. The number of ether oxygens (including phenoxy) is 2. The number of anilines is 2. The SMILES string of the molecule is N#C/C(=C\c1ccc(OCC(=O)Nc2ccc(N3CCOCC3)cc2)cc1)c1nc2ccccc2[nH]1. The molecule has 1 aromatic heterocycles. The molecule has 0 bridgehead atoms. The summed E-state index contributed by atoms with van der Waals surface area (Å²) < 4.78 is 11.0. The second-order valence-corrected chi connectivity index (χ2v) is 8.32. The Bertz CT molecular complexity index is 1380. The van der Waals surface area contributed by atoms with Crippen LogP contribution in [0.4, 0.5) is 11.4 Å². The number of aromatic amines is 1. The molecule has 2 heterocycles. The molecule has 1 fully saturated rings. The number of rotatable bonds is 7. The summed E-state index contributed by atoms with van der Waals surface area (Å²) in [5, 5.41) is 12.5. The van der Waals surface area contributed by atoms with E-state index in [1.807, 2.05) is 60.7 Å². The van der Waals surface area contributed by atoms with Crippen LogP contribution in [0, 0.1) is 11.3 Å². The number of hydrogen-bond acceptors (Lipinski definition) is 6. The van der Waals surface area contributed by atoms with Crippen LogP contribution in [0.2, 0.25) is 0 Å². The first-order valence-corrected chi connectivity index (χ1v) is 11.7. The van der Waals surface area contributed by atoms with Gasteiger partial charge in [0.15, 0.2) is 6.61 Å². The minimum absolute atomic E-state index is 0.108. The third-order valence-electron chi connectivity index (χ3n) is 5.85. The average molecular weight is 480 g/mol. The van der Waals surface area contributed by atoms with Crippen molar-refractivity contribution in [1.29, 1.82) is 5.26 Å². The number of allylic oxidation sites excluding steroid dienone is 1. The van der Waals surface area contributed by atoms with E-state index in [1.54, 1.807) is 18.2 Å². The zero-order valence-electron chi connectivity index (χ0n) is 19.6. The smallest absolute Gasteiger partial charge is 0.262 e. The van der Waals surface area contributed by atoms with Gasteiger partial charge in [0.2, 0.25) is 0 Å². The molecule has 0 atom stereocenters. The Labute approximate surface area is 208 Å². The van der Waals surface area contributed by atoms with Crippen molar-refractivity contribution in [3.05, 3.63) is 84.2 Å². The predicted molar refractivity (Wildman–Crippen MR) is 140 cm³/mol. The molecule has 1 aliphatic heterocycles. The summed E-state index contributed by atoms with van der Waals surface area (Å²) in [6.45, 7) is 3.09. The maximum absolute atomic E-state index is 12.3.